The van der Waals surface area contributed by atoms with Gasteiger partial charge in [-0.3, -0.25) is 4.90 Å². The molecule has 4 aliphatic rings. The van der Waals surface area contributed by atoms with Crippen LogP contribution in [-0.2, 0) is 6.42 Å². The summed E-state index contributed by atoms with van der Waals surface area (Å²) in [6.07, 6.45) is 5.60. The van der Waals surface area contributed by atoms with E-state index in [-0.39, 0.29) is 18.1 Å². The molecule has 3 fully saturated rings. The Labute approximate surface area is 149 Å². The van der Waals surface area contributed by atoms with E-state index in [2.05, 4.69) is 16.7 Å². The molecule has 0 radical (unpaired) electrons. The van der Waals surface area contributed by atoms with E-state index in [1.54, 1.807) is 11.3 Å². The van der Waals surface area contributed by atoms with Gasteiger partial charge in [-0.15, -0.1) is 0 Å². The molecular weight excluding hydrogens is 336 g/mol. The molecule has 2 amide bonds. The number of rotatable bonds is 3. The van der Waals surface area contributed by atoms with Crippen molar-refractivity contribution in [1.82, 2.24) is 15.6 Å². The molecule has 0 spiro atoms. The smallest absolute Gasteiger partial charge is 0.324 e. The van der Waals surface area contributed by atoms with E-state index in [0.29, 0.717) is 12.1 Å². The maximum Gasteiger partial charge on any atom is 0.324 e. The number of hydrogen-bond acceptors (Lipinski definition) is 5. The lowest BCUT2D eigenvalue weighted by atomic mass is 10.1. The highest BCUT2D eigenvalue weighted by atomic mass is 32.1. The number of nitrogens with one attached hydrogen (secondary N) is 2. The molecular formula is C18H20N4O2S. The first-order valence-electron chi connectivity index (χ1n) is 9.19. The summed E-state index contributed by atoms with van der Waals surface area (Å²) in [6.45, 7) is 0.726. The van der Waals surface area contributed by atoms with Crippen LogP contribution in [0.1, 0.15) is 31.2 Å². The molecule has 25 heavy (non-hydrogen) atoms. The third-order valence-corrected chi connectivity index (χ3v) is 6.91. The molecule has 1 saturated heterocycles. The maximum atomic E-state index is 12.7. The highest BCUT2D eigenvalue weighted by Crippen LogP contribution is 2.41. The van der Waals surface area contributed by atoms with E-state index in [0.717, 1.165) is 47.0 Å². The average molecular weight is 356 g/mol. The fourth-order valence-electron chi connectivity index (χ4n) is 4.57. The van der Waals surface area contributed by atoms with E-state index in [1.165, 1.54) is 18.4 Å². The van der Waals surface area contributed by atoms with Crippen LogP contribution in [0.25, 0.3) is 10.2 Å². The predicted octanol–water partition coefficient (Wildman–Crippen LogP) is 2.41. The van der Waals surface area contributed by atoms with Gasteiger partial charge < -0.3 is 15.4 Å². The minimum absolute atomic E-state index is 0.00393. The first-order valence-corrected chi connectivity index (χ1v) is 10.0. The molecule has 0 unspecified atom stereocenters. The molecule has 1 aromatic carbocycles. The standard InChI is InChI=1S/C18H20N4O2S/c23-17-20-12-4-3-11(19-9-1-2-9)16(12)22(17)18-21-15-10-7-8-24-13(10)5-6-14(15)25-18/h5-6,9,11-12,16,19H,1-4,7-8H2,(H,20,23)/t11-,12-,16+/m0/s1. The summed E-state index contributed by atoms with van der Waals surface area (Å²) in [5, 5.41) is 7.74. The third-order valence-electron chi connectivity index (χ3n) is 5.89. The van der Waals surface area contributed by atoms with Gasteiger partial charge in [-0.2, -0.15) is 0 Å². The van der Waals surface area contributed by atoms with Gasteiger partial charge in [0, 0.05) is 24.1 Å². The zero-order chi connectivity index (χ0) is 16.5. The van der Waals surface area contributed by atoms with Crippen molar-refractivity contribution in [2.45, 2.75) is 56.3 Å². The van der Waals surface area contributed by atoms with Crippen molar-refractivity contribution in [2.75, 3.05) is 11.5 Å². The second kappa shape index (κ2) is 5.08. The van der Waals surface area contributed by atoms with E-state index in [4.69, 9.17) is 9.72 Å². The second-order valence-electron chi connectivity index (χ2n) is 7.53. The van der Waals surface area contributed by atoms with Crippen LogP contribution >= 0.6 is 11.3 Å². The molecule has 2 aromatic rings. The third kappa shape index (κ3) is 2.12. The van der Waals surface area contributed by atoms with Gasteiger partial charge in [0.2, 0.25) is 0 Å². The van der Waals surface area contributed by atoms with Crippen LogP contribution in [0.3, 0.4) is 0 Å². The Morgan fingerprint density at radius 2 is 2.20 bits per heavy atom. The number of anilines is 1. The van der Waals surface area contributed by atoms with E-state index in [1.807, 2.05) is 11.0 Å². The van der Waals surface area contributed by atoms with Gasteiger partial charge in [-0.05, 0) is 37.8 Å². The van der Waals surface area contributed by atoms with Gasteiger partial charge in [0.15, 0.2) is 5.13 Å². The lowest BCUT2D eigenvalue weighted by Gasteiger charge is -2.26. The number of thiazole rings is 1. The molecule has 130 valence electrons. The van der Waals surface area contributed by atoms with Crippen molar-refractivity contribution in [2.24, 2.45) is 0 Å². The van der Waals surface area contributed by atoms with Gasteiger partial charge in [0.1, 0.15) is 5.75 Å². The summed E-state index contributed by atoms with van der Waals surface area (Å²) < 4.78 is 6.80. The molecule has 6 nitrogen and oxygen atoms in total. The lowest BCUT2D eigenvalue weighted by molar-refractivity contribution is 0.249. The van der Waals surface area contributed by atoms with Crippen LogP contribution in [0.2, 0.25) is 0 Å². The minimum Gasteiger partial charge on any atom is -0.493 e. The molecule has 2 saturated carbocycles. The first-order chi connectivity index (χ1) is 12.3. The lowest BCUT2D eigenvalue weighted by Crippen LogP contribution is -2.48. The quantitative estimate of drug-likeness (QED) is 0.886. The molecule has 2 N–H and O–H groups in total. The number of amides is 2. The highest BCUT2D eigenvalue weighted by molar-refractivity contribution is 7.22. The van der Waals surface area contributed by atoms with Crippen LogP contribution in [0.4, 0.5) is 9.93 Å². The molecule has 7 heteroatoms. The van der Waals surface area contributed by atoms with Crippen molar-refractivity contribution in [3.05, 3.63) is 17.7 Å². The summed E-state index contributed by atoms with van der Waals surface area (Å²) in [5.41, 5.74) is 2.20. The Morgan fingerprint density at radius 3 is 3.08 bits per heavy atom. The maximum absolute atomic E-state index is 12.7. The van der Waals surface area contributed by atoms with Crippen molar-refractivity contribution in [3.8, 4) is 5.75 Å². The number of carbonyl (C=O) groups excluding carboxylic acids is 1. The van der Waals surface area contributed by atoms with E-state index in [9.17, 15) is 4.79 Å². The SMILES string of the molecule is O=C1N[C@H]2CC[C@H](NC3CC3)[C@H]2N1c1nc2c3c(ccc2s1)OCC3. The summed E-state index contributed by atoms with van der Waals surface area (Å²) in [7, 11) is 0. The monoisotopic (exact) mass is 356 g/mol. The molecule has 2 aliphatic carbocycles. The topological polar surface area (TPSA) is 66.5 Å². The van der Waals surface area contributed by atoms with Crippen molar-refractivity contribution < 1.29 is 9.53 Å². The molecule has 0 bridgehead atoms. The number of ether oxygens (including phenoxy) is 1. The largest absolute Gasteiger partial charge is 0.493 e. The molecule has 3 atom stereocenters. The highest BCUT2D eigenvalue weighted by Gasteiger charge is 2.50. The Balaban J connectivity index is 1.40. The molecule has 1 aromatic heterocycles. The molecule has 6 rings (SSSR count). The Morgan fingerprint density at radius 1 is 1.28 bits per heavy atom. The average Bonchev–Trinajstić information content (AvgIpc) is 2.96. The van der Waals surface area contributed by atoms with Gasteiger partial charge in [-0.25, -0.2) is 9.78 Å². The van der Waals surface area contributed by atoms with Gasteiger partial charge in [-0.1, -0.05) is 11.3 Å². The fourth-order valence-corrected chi connectivity index (χ4v) is 5.61. The van der Waals surface area contributed by atoms with Crippen molar-refractivity contribution in [3.63, 3.8) is 0 Å². The summed E-state index contributed by atoms with van der Waals surface area (Å²) in [5.74, 6) is 0.947. The molecule has 2 aliphatic heterocycles. The zero-order valence-electron chi connectivity index (χ0n) is 13.8. The zero-order valence-corrected chi connectivity index (χ0v) is 14.6. The van der Waals surface area contributed by atoms with Gasteiger partial charge >= 0.3 is 6.03 Å². The summed E-state index contributed by atoms with van der Waals surface area (Å²) in [4.78, 5) is 19.5. The second-order valence-corrected chi connectivity index (χ2v) is 8.53. The fraction of sp³-hybridized carbons (Fsp3) is 0.556. The number of nitrogens with zero attached hydrogens (tertiary/aromatic N) is 2. The van der Waals surface area contributed by atoms with Gasteiger partial charge in [0.05, 0.1) is 28.9 Å². The van der Waals surface area contributed by atoms with Crippen molar-refractivity contribution in [1.29, 1.82) is 0 Å². The molecule has 3 heterocycles. The van der Waals surface area contributed by atoms with Gasteiger partial charge in [0.25, 0.3) is 0 Å². The Hall–Kier alpha value is -1.86. The number of urea groups is 1. The normalized spacial score (nSPS) is 30.5. The number of fused-ring (bicyclic) bond motifs is 4. The first kappa shape index (κ1) is 14.3. The van der Waals surface area contributed by atoms with Crippen LogP contribution < -0.4 is 20.3 Å². The number of carbonyl (C=O) groups is 1. The number of aromatic nitrogens is 1. The van der Waals surface area contributed by atoms with Crippen molar-refractivity contribution >= 4 is 32.7 Å². The van der Waals surface area contributed by atoms with E-state index < -0.39 is 0 Å². The van der Waals surface area contributed by atoms with Crippen LogP contribution in [0, 0.1) is 0 Å². The van der Waals surface area contributed by atoms with Crippen LogP contribution in [-0.4, -0.2) is 41.8 Å². The summed E-state index contributed by atoms with van der Waals surface area (Å²) >= 11 is 1.62. The Bertz CT molecular complexity index is 877. The van der Waals surface area contributed by atoms with E-state index >= 15 is 0 Å². The summed E-state index contributed by atoms with van der Waals surface area (Å²) in [6, 6.07) is 5.55. The minimum atomic E-state index is 0.00393. The predicted molar refractivity (Wildman–Crippen MR) is 96.6 cm³/mol. The number of hydrogen-bond donors (Lipinski definition) is 2. The van der Waals surface area contributed by atoms with Crippen LogP contribution in [0.15, 0.2) is 12.1 Å². The van der Waals surface area contributed by atoms with Crippen LogP contribution in [0.5, 0.6) is 5.75 Å². The Kier molecular flexibility index (Phi) is 2.91. The number of benzene rings is 1.